The molecule has 0 aliphatic carbocycles. The molecule has 4 heterocycles. The lowest BCUT2D eigenvalue weighted by molar-refractivity contribution is 0.125. The largest absolute Gasteiger partial charge is 0.388 e. The summed E-state index contributed by atoms with van der Waals surface area (Å²) in [7, 11) is 0. The number of hydrogen-bond donors (Lipinski definition) is 4. The number of benzene rings is 1. The number of hydrogen-bond acceptors (Lipinski definition) is 7. The molecule has 138 valence electrons. The Morgan fingerprint density at radius 2 is 2.19 bits per heavy atom. The summed E-state index contributed by atoms with van der Waals surface area (Å²) in [5.74, 6) is 1.24. The molecule has 1 aromatic carbocycles. The molecule has 2 atom stereocenters. The van der Waals surface area contributed by atoms with Crippen molar-refractivity contribution >= 4 is 34.0 Å². The number of rotatable bonds is 4. The zero-order valence-corrected chi connectivity index (χ0v) is 14.7. The molecule has 3 aromatic heterocycles. The second kappa shape index (κ2) is 6.22. The van der Waals surface area contributed by atoms with Crippen molar-refractivity contribution in [2.75, 3.05) is 23.8 Å². The van der Waals surface area contributed by atoms with Gasteiger partial charge in [-0.2, -0.15) is 14.6 Å². The molecule has 0 radical (unpaired) electrons. The molecule has 1 fully saturated rings. The number of aliphatic hydroxyl groups excluding tert-OH is 1. The van der Waals surface area contributed by atoms with Crippen molar-refractivity contribution in [1.29, 1.82) is 0 Å². The van der Waals surface area contributed by atoms with Crippen LogP contribution >= 0.6 is 0 Å². The number of ether oxygens (including phenoxy) is 1. The number of H-pyrrole nitrogens is 1. The van der Waals surface area contributed by atoms with E-state index in [4.69, 9.17) is 4.74 Å². The van der Waals surface area contributed by atoms with Gasteiger partial charge in [-0.25, -0.2) is 0 Å². The SMILES string of the molecule is Cc1[nH]nc2cc(Nc3nc4cccc(N[C@H]5COC[C@H]5O)n4n3)ccc12. The van der Waals surface area contributed by atoms with Crippen molar-refractivity contribution < 1.29 is 9.84 Å². The van der Waals surface area contributed by atoms with Gasteiger partial charge < -0.3 is 20.5 Å². The molecule has 27 heavy (non-hydrogen) atoms. The lowest BCUT2D eigenvalue weighted by Crippen LogP contribution is -2.32. The summed E-state index contributed by atoms with van der Waals surface area (Å²) in [4.78, 5) is 4.53. The van der Waals surface area contributed by atoms with E-state index in [9.17, 15) is 5.11 Å². The minimum Gasteiger partial charge on any atom is -0.388 e. The maximum Gasteiger partial charge on any atom is 0.247 e. The van der Waals surface area contributed by atoms with Gasteiger partial charge in [0.25, 0.3) is 0 Å². The summed E-state index contributed by atoms with van der Waals surface area (Å²) in [5, 5.41) is 29.4. The zero-order chi connectivity index (χ0) is 18.4. The zero-order valence-electron chi connectivity index (χ0n) is 14.7. The van der Waals surface area contributed by atoms with Crippen molar-refractivity contribution in [3.8, 4) is 0 Å². The molecule has 9 heteroatoms. The quantitative estimate of drug-likeness (QED) is 0.436. The fraction of sp³-hybridized carbons (Fsp3) is 0.278. The van der Waals surface area contributed by atoms with Crippen LogP contribution in [0.1, 0.15) is 5.69 Å². The third-order valence-electron chi connectivity index (χ3n) is 4.75. The van der Waals surface area contributed by atoms with Crippen LogP contribution in [0.4, 0.5) is 17.5 Å². The molecule has 1 aliphatic rings. The Kier molecular flexibility index (Phi) is 3.69. The number of aromatic amines is 1. The van der Waals surface area contributed by atoms with Crippen molar-refractivity contribution in [2.24, 2.45) is 0 Å². The van der Waals surface area contributed by atoms with Crippen LogP contribution in [0.2, 0.25) is 0 Å². The number of pyridine rings is 1. The molecular formula is C18H19N7O2. The Balaban J connectivity index is 1.44. The van der Waals surface area contributed by atoms with E-state index in [2.05, 4.69) is 30.9 Å². The number of fused-ring (bicyclic) bond motifs is 2. The van der Waals surface area contributed by atoms with E-state index in [1.165, 1.54) is 0 Å². The average molecular weight is 365 g/mol. The van der Waals surface area contributed by atoms with Crippen LogP contribution in [0.15, 0.2) is 36.4 Å². The summed E-state index contributed by atoms with van der Waals surface area (Å²) in [5.41, 5.74) is 3.49. The fourth-order valence-electron chi connectivity index (χ4n) is 3.29. The van der Waals surface area contributed by atoms with Gasteiger partial charge in [-0.15, -0.1) is 5.10 Å². The summed E-state index contributed by atoms with van der Waals surface area (Å²) in [6.07, 6.45) is -0.537. The van der Waals surface area contributed by atoms with Gasteiger partial charge in [0, 0.05) is 16.8 Å². The fourth-order valence-corrected chi connectivity index (χ4v) is 3.29. The summed E-state index contributed by atoms with van der Waals surface area (Å²) in [6.45, 7) is 2.79. The van der Waals surface area contributed by atoms with E-state index in [1.54, 1.807) is 4.52 Å². The normalized spacial score (nSPS) is 19.8. The molecule has 1 aliphatic heterocycles. The van der Waals surface area contributed by atoms with Crippen LogP contribution in [0.5, 0.6) is 0 Å². The minimum absolute atomic E-state index is 0.165. The second-order valence-electron chi connectivity index (χ2n) is 6.68. The first kappa shape index (κ1) is 16.0. The van der Waals surface area contributed by atoms with Gasteiger partial charge in [0.05, 0.1) is 30.9 Å². The van der Waals surface area contributed by atoms with Crippen LogP contribution in [-0.4, -0.2) is 55.3 Å². The molecule has 1 saturated heterocycles. The third kappa shape index (κ3) is 2.86. The molecule has 5 rings (SSSR count). The Hall–Kier alpha value is -3.17. The highest BCUT2D eigenvalue weighted by molar-refractivity contribution is 5.85. The summed E-state index contributed by atoms with van der Waals surface area (Å²) in [6, 6.07) is 11.5. The molecule has 0 saturated carbocycles. The lowest BCUT2D eigenvalue weighted by Gasteiger charge is -2.16. The molecule has 0 bridgehead atoms. The van der Waals surface area contributed by atoms with E-state index in [0.29, 0.717) is 24.8 Å². The van der Waals surface area contributed by atoms with Gasteiger partial charge in [-0.1, -0.05) is 6.07 Å². The molecule has 0 spiro atoms. The number of aliphatic hydroxyl groups is 1. The predicted molar refractivity (Wildman–Crippen MR) is 101 cm³/mol. The molecule has 0 unspecified atom stereocenters. The highest BCUT2D eigenvalue weighted by atomic mass is 16.5. The van der Waals surface area contributed by atoms with Gasteiger partial charge in [-0.3, -0.25) is 5.10 Å². The van der Waals surface area contributed by atoms with Crippen molar-refractivity contribution in [3.05, 3.63) is 42.1 Å². The van der Waals surface area contributed by atoms with Crippen molar-refractivity contribution in [1.82, 2.24) is 24.8 Å². The van der Waals surface area contributed by atoms with Gasteiger partial charge in [0.15, 0.2) is 5.65 Å². The van der Waals surface area contributed by atoms with Crippen LogP contribution in [0, 0.1) is 6.92 Å². The van der Waals surface area contributed by atoms with E-state index in [1.807, 2.05) is 43.3 Å². The number of aromatic nitrogens is 5. The van der Waals surface area contributed by atoms with Crippen LogP contribution in [0.25, 0.3) is 16.6 Å². The molecular weight excluding hydrogens is 346 g/mol. The van der Waals surface area contributed by atoms with Gasteiger partial charge in [0.2, 0.25) is 5.95 Å². The number of nitrogens with one attached hydrogen (secondary N) is 3. The van der Waals surface area contributed by atoms with Crippen LogP contribution < -0.4 is 10.6 Å². The first-order chi connectivity index (χ1) is 13.2. The predicted octanol–water partition coefficient (Wildman–Crippen LogP) is 1.83. The van der Waals surface area contributed by atoms with Crippen LogP contribution in [-0.2, 0) is 4.74 Å². The highest BCUT2D eigenvalue weighted by Crippen LogP contribution is 2.23. The Morgan fingerprint density at radius 3 is 3.04 bits per heavy atom. The van der Waals surface area contributed by atoms with Crippen molar-refractivity contribution in [2.45, 2.75) is 19.1 Å². The highest BCUT2D eigenvalue weighted by Gasteiger charge is 2.26. The van der Waals surface area contributed by atoms with E-state index in [-0.39, 0.29) is 6.04 Å². The summed E-state index contributed by atoms with van der Waals surface area (Å²) < 4.78 is 7.01. The Morgan fingerprint density at radius 1 is 1.26 bits per heavy atom. The Bertz CT molecular complexity index is 1120. The van der Waals surface area contributed by atoms with Gasteiger partial charge in [0.1, 0.15) is 5.82 Å². The topological polar surface area (TPSA) is 112 Å². The monoisotopic (exact) mass is 365 g/mol. The summed E-state index contributed by atoms with van der Waals surface area (Å²) >= 11 is 0. The lowest BCUT2D eigenvalue weighted by atomic mass is 10.2. The van der Waals surface area contributed by atoms with E-state index in [0.717, 1.165) is 28.1 Å². The van der Waals surface area contributed by atoms with Gasteiger partial charge in [-0.05, 0) is 37.3 Å². The smallest absolute Gasteiger partial charge is 0.247 e. The van der Waals surface area contributed by atoms with Crippen molar-refractivity contribution in [3.63, 3.8) is 0 Å². The molecule has 9 nitrogen and oxygen atoms in total. The molecule has 4 aromatic rings. The van der Waals surface area contributed by atoms with Gasteiger partial charge >= 0.3 is 0 Å². The first-order valence-corrected chi connectivity index (χ1v) is 8.77. The van der Waals surface area contributed by atoms with E-state index < -0.39 is 6.10 Å². The maximum atomic E-state index is 9.96. The van der Waals surface area contributed by atoms with E-state index >= 15 is 0 Å². The van der Waals surface area contributed by atoms with Crippen LogP contribution in [0.3, 0.4) is 0 Å². The second-order valence-corrected chi connectivity index (χ2v) is 6.68. The number of aryl methyl sites for hydroxylation is 1. The third-order valence-corrected chi connectivity index (χ3v) is 4.75. The molecule has 0 amide bonds. The standard InChI is InChI=1S/C18H19N7O2/c1-10-12-6-5-11(7-13(12)23-22-10)19-18-21-17-4-2-3-16(25(17)24-18)20-14-8-27-9-15(14)26/h2-7,14-15,20,26H,8-9H2,1H3,(H,19,24)(H,22,23)/t14-,15+/m0/s1. The average Bonchev–Trinajstić information content (AvgIpc) is 3.35. The minimum atomic E-state index is -0.537. The molecule has 4 N–H and O–H groups in total. The maximum absolute atomic E-state index is 9.96. The Labute approximate surface area is 154 Å². The first-order valence-electron chi connectivity index (χ1n) is 8.77. The number of anilines is 3. The number of nitrogens with zero attached hydrogens (tertiary/aromatic N) is 4.